The first kappa shape index (κ1) is 14.5. The van der Waals surface area contributed by atoms with Gasteiger partial charge in [-0.1, -0.05) is 5.92 Å². The average Bonchev–Trinajstić information content (AvgIpc) is 2.34. The summed E-state index contributed by atoms with van der Waals surface area (Å²) in [6, 6.07) is 0. The van der Waals surface area contributed by atoms with Crippen LogP contribution in [0.1, 0.15) is 25.7 Å². The van der Waals surface area contributed by atoms with E-state index in [9.17, 15) is 9.59 Å². The highest BCUT2D eigenvalue weighted by Gasteiger charge is 2.21. The summed E-state index contributed by atoms with van der Waals surface area (Å²) in [5, 5.41) is 11.3. The first-order chi connectivity index (χ1) is 8.61. The Morgan fingerprint density at radius 3 is 2.94 bits per heavy atom. The fourth-order valence-electron chi connectivity index (χ4n) is 2.27. The van der Waals surface area contributed by atoms with Crippen LogP contribution in [0.2, 0.25) is 0 Å². The summed E-state index contributed by atoms with van der Waals surface area (Å²) in [7, 11) is 0. The maximum Gasteiger partial charge on any atom is 0.303 e. The summed E-state index contributed by atoms with van der Waals surface area (Å²) < 4.78 is 0. The van der Waals surface area contributed by atoms with E-state index in [1.165, 1.54) is 0 Å². The molecule has 0 radical (unpaired) electrons. The van der Waals surface area contributed by atoms with E-state index in [1.807, 2.05) is 0 Å². The second-order valence-corrected chi connectivity index (χ2v) is 4.66. The van der Waals surface area contributed by atoms with Crippen molar-refractivity contribution in [1.82, 2.24) is 10.2 Å². The van der Waals surface area contributed by atoms with E-state index in [-0.39, 0.29) is 18.9 Å². The van der Waals surface area contributed by atoms with Crippen LogP contribution in [-0.2, 0) is 9.59 Å². The number of carbonyl (C=O) groups is 2. The van der Waals surface area contributed by atoms with Crippen LogP contribution in [0.3, 0.4) is 0 Å². The van der Waals surface area contributed by atoms with Gasteiger partial charge in [0.05, 0.1) is 13.1 Å². The number of piperidine rings is 1. The molecule has 100 valence electrons. The molecule has 0 aromatic rings. The number of carboxylic acid groups (broad SMARTS) is 1. The van der Waals surface area contributed by atoms with Crippen molar-refractivity contribution in [3.8, 4) is 12.3 Å². The van der Waals surface area contributed by atoms with Crippen LogP contribution in [0.4, 0.5) is 0 Å². The summed E-state index contributed by atoms with van der Waals surface area (Å²) in [5.74, 6) is 1.93. The second kappa shape index (κ2) is 7.72. The predicted molar refractivity (Wildman–Crippen MR) is 67.9 cm³/mol. The summed E-state index contributed by atoms with van der Waals surface area (Å²) in [6.45, 7) is 2.31. The van der Waals surface area contributed by atoms with Gasteiger partial charge < -0.3 is 10.4 Å². The molecule has 1 fully saturated rings. The van der Waals surface area contributed by atoms with Crippen LogP contribution in [-0.4, -0.2) is 48.1 Å². The van der Waals surface area contributed by atoms with Crippen LogP contribution in [0, 0.1) is 18.3 Å². The number of nitrogens with zero attached hydrogens (tertiary/aromatic N) is 1. The lowest BCUT2D eigenvalue weighted by molar-refractivity contribution is -0.137. The molecular weight excluding hydrogens is 232 g/mol. The molecule has 0 aromatic carbocycles. The minimum absolute atomic E-state index is 0.0631. The molecule has 1 amide bonds. The third-order valence-corrected chi connectivity index (χ3v) is 3.12. The molecule has 18 heavy (non-hydrogen) atoms. The maximum atomic E-state index is 11.5. The zero-order valence-electron chi connectivity index (χ0n) is 10.5. The number of amides is 1. The summed E-state index contributed by atoms with van der Waals surface area (Å²) in [5.41, 5.74) is 0. The fourth-order valence-corrected chi connectivity index (χ4v) is 2.27. The highest BCUT2D eigenvalue weighted by atomic mass is 16.4. The standard InChI is InChI=1S/C13H20N2O3/c1-2-7-14-12(16)10-15-8-3-4-11(9-15)5-6-13(17)18/h1,11H,3-10H2,(H,14,16)(H,17,18). The molecule has 0 saturated carbocycles. The Kier molecular flexibility index (Phi) is 6.23. The Hall–Kier alpha value is -1.54. The molecule has 2 N–H and O–H groups in total. The molecule has 1 unspecified atom stereocenters. The third-order valence-electron chi connectivity index (χ3n) is 3.12. The van der Waals surface area contributed by atoms with E-state index < -0.39 is 5.97 Å². The van der Waals surface area contributed by atoms with Crippen LogP contribution >= 0.6 is 0 Å². The third kappa shape index (κ3) is 5.69. The SMILES string of the molecule is C#CCNC(=O)CN1CCCC(CCC(=O)O)C1. The number of terminal acetylenes is 1. The van der Waals surface area contributed by atoms with E-state index in [0.29, 0.717) is 18.9 Å². The molecule has 1 aliphatic heterocycles. The quantitative estimate of drug-likeness (QED) is 0.668. The van der Waals surface area contributed by atoms with Crippen molar-refractivity contribution in [3.05, 3.63) is 0 Å². The Morgan fingerprint density at radius 1 is 1.50 bits per heavy atom. The van der Waals surface area contributed by atoms with Gasteiger partial charge in [0.2, 0.25) is 5.91 Å². The molecule has 1 rings (SSSR count). The van der Waals surface area contributed by atoms with Gasteiger partial charge in [0.25, 0.3) is 0 Å². The fraction of sp³-hybridized carbons (Fsp3) is 0.692. The first-order valence-electron chi connectivity index (χ1n) is 6.26. The number of hydrogen-bond acceptors (Lipinski definition) is 3. The number of rotatable bonds is 6. The zero-order chi connectivity index (χ0) is 13.4. The average molecular weight is 252 g/mol. The molecule has 1 atom stereocenters. The molecule has 1 saturated heterocycles. The number of carboxylic acids is 1. The topological polar surface area (TPSA) is 69.6 Å². The van der Waals surface area contributed by atoms with E-state index in [0.717, 1.165) is 25.9 Å². The molecule has 5 heteroatoms. The molecule has 0 aromatic heterocycles. The number of aliphatic carboxylic acids is 1. The number of nitrogens with one attached hydrogen (secondary N) is 1. The molecule has 5 nitrogen and oxygen atoms in total. The largest absolute Gasteiger partial charge is 0.481 e. The van der Waals surface area contributed by atoms with Gasteiger partial charge in [0.1, 0.15) is 0 Å². The Morgan fingerprint density at radius 2 is 2.28 bits per heavy atom. The first-order valence-corrected chi connectivity index (χ1v) is 6.26. The van der Waals surface area contributed by atoms with Crippen LogP contribution in [0.5, 0.6) is 0 Å². The van der Waals surface area contributed by atoms with Crippen molar-refractivity contribution in [1.29, 1.82) is 0 Å². The molecule has 0 aliphatic carbocycles. The smallest absolute Gasteiger partial charge is 0.303 e. The summed E-state index contributed by atoms with van der Waals surface area (Å²) in [6.07, 6.45) is 8.04. The molecular formula is C13H20N2O3. The van der Waals surface area contributed by atoms with Crippen LogP contribution in [0.25, 0.3) is 0 Å². The Balaban J connectivity index is 2.28. The van der Waals surface area contributed by atoms with Gasteiger partial charge in [0, 0.05) is 13.0 Å². The van der Waals surface area contributed by atoms with Crippen molar-refractivity contribution in [2.24, 2.45) is 5.92 Å². The van der Waals surface area contributed by atoms with E-state index in [4.69, 9.17) is 11.5 Å². The zero-order valence-corrected chi connectivity index (χ0v) is 10.5. The number of carbonyl (C=O) groups excluding carboxylic acids is 1. The van der Waals surface area contributed by atoms with Crippen molar-refractivity contribution >= 4 is 11.9 Å². The summed E-state index contributed by atoms with van der Waals surface area (Å²) in [4.78, 5) is 24.1. The minimum atomic E-state index is -0.751. The van der Waals surface area contributed by atoms with Crippen LogP contribution < -0.4 is 5.32 Å². The van der Waals surface area contributed by atoms with Gasteiger partial charge >= 0.3 is 5.97 Å². The Bertz CT molecular complexity index is 336. The van der Waals surface area contributed by atoms with Gasteiger partial charge in [-0.05, 0) is 31.7 Å². The number of likely N-dealkylation sites (tertiary alicyclic amines) is 1. The van der Waals surface area contributed by atoms with Crippen molar-refractivity contribution in [2.75, 3.05) is 26.2 Å². The number of hydrogen-bond donors (Lipinski definition) is 2. The predicted octanol–water partition coefficient (Wildman–Crippen LogP) is 0.313. The van der Waals surface area contributed by atoms with E-state index in [1.54, 1.807) is 0 Å². The molecule has 0 bridgehead atoms. The minimum Gasteiger partial charge on any atom is -0.481 e. The molecule has 0 spiro atoms. The van der Waals surface area contributed by atoms with Gasteiger partial charge in [-0.2, -0.15) is 0 Å². The van der Waals surface area contributed by atoms with Gasteiger partial charge in [0.15, 0.2) is 0 Å². The lowest BCUT2D eigenvalue weighted by Gasteiger charge is -2.31. The molecule has 1 aliphatic rings. The van der Waals surface area contributed by atoms with Crippen LogP contribution in [0.15, 0.2) is 0 Å². The van der Waals surface area contributed by atoms with Gasteiger partial charge in [-0.15, -0.1) is 6.42 Å². The van der Waals surface area contributed by atoms with Crippen molar-refractivity contribution < 1.29 is 14.7 Å². The van der Waals surface area contributed by atoms with E-state index >= 15 is 0 Å². The molecule has 1 heterocycles. The second-order valence-electron chi connectivity index (χ2n) is 4.66. The van der Waals surface area contributed by atoms with Gasteiger partial charge in [-0.25, -0.2) is 0 Å². The normalized spacial score (nSPS) is 20.1. The maximum absolute atomic E-state index is 11.5. The monoisotopic (exact) mass is 252 g/mol. The van der Waals surface area contributed by atoms with Crippen molar-refractivity contribution in [2.45, 2.75) is 25.7 Å². The highest BCUT2D eigenvalue weighted by Crippen LogP contribution is 2.20. The van der Waals surface area contributed by atoms with Crippen molar-refractivity contribution in [3.63, 3.8) is 0 Å². The highest BCUT2D eigenvalue weighted by molar-refractivity contribution is 5.78. The summed E-state index contributed by atoms with van der Waals surface area (Å²) >= 11 is 0. The lowest BCUT2D eigenvalue weighted by Crippen LogP contribution is -2.42. The Labute approximate surface area is 108 Å². The van der Waals surface area contributed by atoms with Gasteiger partial charge in [-0.3, -0.25) is 14.5 Å². The lowest BCUT2D eigenvalue weighted by atomic mass is 9.93. The van der Waals surface area contributed by atoms with E-state index in [2.05, 4.69) is 16.1 Å².